The predicted octanol–water partition coefficient (Wildman–Crippen LogP) is 7.00. The molecule has 3 aromatic carbocycles. The standard InChI is InChI=1S/C22H14F4/c23-21(24)19(15-8-3-1-4-9-15)17-12-7-13-18(14-17)20(22(25)26)16-10-5-2-6-11-16/h1-14H. The fourth-order valence-corrected chi connectivity index (χ4v) is 2.81. The zero-order valence-corrected chi connectivity index (χ0v) is 13.6. The third-order valence-corrected chi connectivity index (χ3v) is 3.94. The van der Waals surface area contributed by atoms with Gasteiger partial charge in [0, 0.05) is 0 Å². The molecule has 0 saturated heterocycles. The molecule has 3 aromatic rings. The van der Waals surface area contributed by atoms with Gasteiger partial charge < -0.3 is 0 Å². The highest BCUT2D eigenvalue weighted by Gasteiger charge is 2.16. The van der Waals surface area contributed by atoms with Crippen molar-refractivity contribution >= 4 is 11.1 Å². The molecule has 0 heterocycles. The van der Waals surface area contributed by atoms with Crippen molar-refractivity contribution in [1.29, 1.82) is 0 Å². The Morgan fingerprint density at radius 3 is 1.12 bits per heavy atom. The number of halogens is 4. The van der Waals surface area contributed by atoms with Crippen molar-refractivity contribution in [3.63, 3.8) is 0 Å². The molecule has 130 valence electrons. The largest absolute Gasteiger partial charge is 0.278 e. The Labute approximate surface area is 148 Å². The lowest BCUT2D eigenvalue weighted by atomic mass is 9.93. The maximum absolute atomic E-state index is 13.6. The zero-order valence-electron chi connectivity index (χ0n) is 13.6. The van der Waals surface area contributed by atoms with E-state index in [1.807, 2.05) is 0 Å². The van der Waals surface area contributed by atoms with Crippen molar-refractivity contribution in [1.82, 2.24) is 0 Å². The van der Waals surface area contributed by atoms with Gasteiger partial charge in [0.25, 0.3) is 12.2 Å². The molecule has 0 saturated carbocycles. The van der Waals surface area contributed by atoms with Gasteiger partial charge in [-0.05, 0) is 28.3 Å². The first kappa shape index (κ1) is 17.7. The van der Waals surface area contributed by atoms with Gasteiger partial charge in [0.15, 0.2) is 0 Å². The Morgan fingerprint density at radius 2 is 0.769 bits per heavy atom. The summed E-state index contributed by atoms with van der Waals surface area (Å²) in [5.74, 6) is 0. The Bertz CT molecular complexity index is 873. The number of rotatable bonds is 4. The van der Waals surface area contributed by atoms with Crippen LogP contribution in [0.5, 0.6) is 0 Å². The Kier molecular flexibility index (Phi) is 5.32. The van der Waals surface area contributed by atoms with Crippen molar-refractivity contribution in [3.8, 4) is 0 Å². The molecule has 0 unspecified atom stereocenters. The molecule has 0 bridgehead atoms. The third-order valence-electron chi connectivity index (χ3n) is 3.94. The molecule has 0 amide bonds. The van der Waals surface area contributed by atoms with Crippen LogP contribution >= 0.6 is 0 Å². The topological polar surface area (TPSA) is 0 Å². The highest BCUT2D eigenvalue weighted by molar-refractivity contribution is 5.85. The van der Waals surface area contributed by atoms with Crippen molar-refractivity contribution < 1.29 is 17.6 Å². The monoisotopic (exact) mass is 354 g/mol. The van der Waals surface area contributed by atoms with Crippen LogP contribution in [0.2, 0.25) is 0 Å². The van der Waals surface area contributed by atoms with Gasteiger partial charge in [-0.3, -0.25) is 0 Å². The van der Waals surface area contributed by atoms with E-state index in [1.165, 1.54) is 24.3 Å². The van der Waals surface area contributed by atoms with Gasteiger partial charge in [-0.2, -0.15) is 17.6 Å². The highest BCUT2D eigenvalue weighted by atomic mass is 19.3. The Morgan fingerprint density at radius 1 is 0.423 bits per heavy atom. The summed E-state index contributed by atoms with van der Waals surface area (Å²) in [5.41, 5.74) is 0.497. The zero-order chi connectivity index (χ0) is 18.5. The van der Waals surface area contributed by atoms with Crippen LogP contribution in [0.25, 0.3) is 11.1 Å². The average molecular weight is 354 g/mol. The summed E-state index contributed by atoms with van der Waals surface area (Å²) >= 11 is 0. The van der Waals surface area contributed by atoms with Crippen LogP contribution in [0.15, 0.2) is 97.1 Å². The minimum atomic E-state index is -1.86. The summed E-state index contributed by atoms with van der Waals surface area (Å²) in [5, 5.41) is 0. The highest BCUT2D eigenvalue weighted by Crippen LogP contribution is 2.33. The lowest BCUT2D eigenvalue weighted by Gasteiger charge is -2.11. The molecule has 3 rings (SSSR count). The summed E-state index contributed by atoms with van der Waals surface area (Å²) in [6.07, 6.45) is -3.72. The predicted molar refractivity (Wildman–Crippen MR) is 95.8 cm³/mol. The van der Waals surface area contributed by atoms with Crippen LogP contribution in [-0.2, 0) is 0 Å². The van der Waals surface area contributed by atoms with E-state index in [2.05, 4.69) is 0 Å². The summed E-state index contributed by atoms with van der Waals surface area (Å²) in [6, 6.07) is 22.1. The van der Waals surface area contributed by atoms with E-state index in [1.54, 1.807) is 60.7 Å². The van der Waals surface area contributed by atoms with Crippen LogP contribution in [0.3, 0.4) is 0 Å². The number of hydrogen-bond acceptors (Lipinski definition) is 0. The minimum Gasteiger partial charge on any atom is -0.173 e. The first-order valence-corrected chi connectivity index (χ1v) is 7.90. The van der Waals surface area contributed by atoms with Gasteiger partial charge in [-0.15, -0.1) is 0 Å². The van der Waals surface area contributed by atoms with E-state index in [-0.39, 0.29) is 22.3 Å². The van der Waals surface area contributed by atoms with Crippen LogP contribution in [-0.4, -0.2) is 0 Å². The first-order valence-electron chi connectivity index (χ1n) is 7.90. The molecule has 0 aliphatic heterocycles. The van der Waals surface area contributed by atoms with Gasteiger partial charge in [-0.1, -0.05) is 78.9 Å². The minimum absolute atomic E-state index is 0.184. The van der Waals surface area contributed by atoms with Gasteiger partial charge in [0.1, 0.15) is 0 Å². The van der Waals surface area contributed by atoms with E-state index in [0.717, 1.165) is 0 Å². The third kappa shape index (κ3) is 3.75. The van der Waals surface area contributed by atoms with Gasteiger partial charge in [-0.25, -0.2) is 0 Å². The first-order chi connectivity index (χ1) is 12.6. The van der Waals surface area contributed by atoms with E-state index in [9.17, 15) is 17.6 Å². The van der Waals surface area contributed by atoms with Crippen LogP contribution in [0.4, 0.5) is 17.6 Å². The quantitative estimate of drug-likeness (QED) is 0.443. The molecule has 0 aliphatic carbocycles. The van der Waals surface area contributed by atoms with Crippen LogP contribution in [0.1, 0.15) is 22.3 Å². The molecule has 0 atom stereocenters. The molecule has 0 spiro atoms. The second kappa shape index (κ2) is 7.83. The molecular formula is C22H14F4. The molecule has 0 aromatic heterocycles. The fourth-order valence-electron chi connectivity index (χ4n) is 2.81. The Hall–Kier alpha value is -3.14. The normalized spacial score (nSPS) is 10.3. The Balaban J connectivity index is 2.14. The fraction of sp³-hybridized carbons (Fsp3) is 0. The molecule has 4 heteroatoms. The summed E-state index contributed by atoms with van der Waals surface area (Å²) in [7, 11) is 0. The van der Waals surface area contributed by atoms with Crippen molar-refractivity contribution in [2.75, 3.05) is 0 Å². The molecule has 26 heavy (non-hydrogen) atoms. The second-order valence-corrected chi connectivity index (χ2v) is 5.58. The smallest absolute Gasteiger partial charge is 0.173 e. The van der Waals surface area contributed by atoms with E-state index in [0.29, 0.717) is 11.1 Å². The van der Waals surface area contributed by atoms with Gasteiger partial charge in [0.05, 0.1) is 11.1 Å². The lowest BCUT2D eigenvalue weighted by Crippen LogP contribution is -1.94. The summed E-state index contributed by atoms with van der Waals surface area (Å²) < 4.78 is 54.4. The van der Waals surface area contributed by atoms with Crippen LogP contribution < -0.4 is 0 Å². The molecule has 0 radical (unpaired) electrons. The molecule has 0 aliphatic rings. The maximum Gasteiger partial charge on any atom is 0.278 e. The lowest BCUT2D eigenvalue weighted by molar-refractivity contribution is 0.425. The van der Waals surface area contributed by atoms with E-state index < -0.39 is 12.2 Å². The molecule has 0 N–H and O–H groups in total. The van der Waals surface area contributed by atoms with Crippen LogP contribution in [0, 0.1) is 0 Å². The van der Waals surface area contributed by atoms with Gasteiger partial charge >= 0.3 is 0 Å². The SMILES string of the molecule is FC(F)=C(c1ccccc1)c1cccc(C(=C(F)F)c2ccccc2)c1. The number of hydrogen-bond donors (Lipinski definition) is 0. The van der Waals surface area contributed by atoms with Crippen molar-refractivity contribution in [2.45, 2.75) is 0 Å². The van der Waals surface area contributed by atoms with Crippen molar-refractivity contribution in [3.05, 3.63) is 119 Å². The molecular weight excluding hydrogens is 340 g/mol. The second-order valence-electron chi connectivity index (χ2n) is 5.58. The number of benzene rings is 3. The molecule has 0 fully saturated rings. The summed E-state index contributed by atoms with van der Waals surface area (Å²) in [6.45, 7) is 0. The summed E-state index contributed by atoms with van der Waals surface area (Å²) in [4.78, 5) is 0. The van der Waals surface area contributed by atoms with Gasteiger partial charge in [0.2, 0.25) is 0 Å². The maximum atomic E-state index is 13.6. The average Bonchev–Trinajstić information content (AvgIpc) is 2.64. The van der Waals surface area contributed by atoms with E-state index >= 15 is 0 Å². The molecule has 0 nitrogen and oxygen atoms in total. The van der Waals surface area contributed by atoms with E-state index in [4.69, 9.17) is 0 Å². The van der Waals surface area contributed by atoms with Crippen molar-refractivity contribution in [2.24, 2.45) is 0 Å².